The molecule has 0 bridgehead atoms. The van der Waals surface area contributed by atoms with E-state index in [1.807, 2.05) is 6.07 Å². The van der Waals surface area contributed by atoms with Crippen molar-refractivity contribution in [1.82, 2.24) is 14.8 Å². The van der Waals surface area contributed by atoms with Gasteiger partial charge in [-0.1, -0.05) is 31.9 Å². The topological polar surface area (TPSA) is 64.8 Å². The molecule has 18 heavy (non-hydrogen) atoms. The van der Waals surface area contributed by atoms with Crippen molar-refractivity contribution in [3.8, 4) is 11.4 Å². The van der Waals surface area contributed by atoms with E-state index in [1.165, 1.54) is 4.57 Å². The quantitative estimate of drug-likeness (QED) is 0.708. The lowest BCUT2D eigenvalue weighted by atomic mass is 10.2. The fourth-order valence-corrected chi connectivity index (χ4v) is 3.71. The minimum absolute atomic E-state index is 0.282. The minimum Gasteiger partial charge on any atom is -0.300 e. The van der Waals surface area contributed by atoms with E-state index in [-0.39, 0.29) is 5.16 Å². The third-order valence-corrected chi connectivity index (χ3v) is 4.30. The summed E-state index contributed by atoms with van der Waals surface area (Å²) in [5.74, 6) is 0.413. The molecule has 0 aliphatic rings. The highest BCUT2D eigenvalue weighted by atomic mass is 79.9. The number of benzene rings is 1. The van der Waals surface area contributed by atoms with E-state index in [0.717, 1.165) is 14.5 Å². The van der Waals surface area contributed by atoms with E-state index in [1.54, 1.807) is 19.2 Å². The molecule has 0 aliphatic heterocycles. The second-order valence-electron chi connectivity index (χ2n) is 3.46. The van der Waals surface area contributed by atoms with E-state index in [4.69, 9.17) is 10.7 Å². The Balaban J connectivity index is 2.63. The lowest BCUT2D eigenvalue weighted by Gasteiger charge is -2.03. The Hall–Kier alpha value is -0.440. The molecular weight excluding hydrogens is 409 g/mol. The molecule has 5 nitrogen and oxygen atoms in total. The molecule has 0 radical (unpaired) electrons. The van der Waals surface area contributed by atoms with Crippen molar-refractivity contribution in [1.29, 1.82) is 0 Å². The molecule has 0 saturated carbocycles. The van der Waals surface area contributed by atoms with Crippen LogP contribution in [0.25, 0.3) is 11.4 Å². The summed E-state index contributed by atoms with van der Waals surface area (Å²) in [5, 5.41) is 7.15. The molecular formula is C9H6Br2ClN3O2S. The summed E-state index contributed by atoms with van der Waals surface area (Å²) in [5.41, 5.74) is 0.720. The monoisotopic (exact) mass is 413 g/mol. The van der Waals surface area contributed by atoms with Crippen molar-refractivity contribution in [2.75, 3.05) is 0 Å². The Morgan fingerprint density at radius 1 is 1.17 bits per heavy atom. The van der Waals surface area contributed by atoms with Crippen molar-refractivity contribution in [2.45, 2.75) is 5.16 Å². The van der Waals surface area contributed by atoms with E-state index in [2.05, 4.69) is 42.1 Å². The van der Waals surface area contributed by atoms with Crippen molar-refractivity contribution in [2.24, 2.45) is 7.05 Å². The smallest absolute Gasteiger partial charge is 0.296 e. The molecule has 0 saturated heterocycles. The van der Waals surface area contributed by atoms with Crippen molar-refractivity contribution >= 4 is 51.6 Å². The van der Waals surface area contributed by atoms with Gasteiger partial charge in [0, 0.05) is 32.2 Å². The molecule has 0 amide bonds. The lowest BCUT2D eigenvalue weighted by molar-refractivity contribution is 0.593. The second kappa shape index (κ2) is 4.92. The fourth-order valence-electron chi connectivity index (χ4n) is 1.46. The Labute approximate surface area is 125 Å². The first kappa shape index (κ1) is 14.0. The number of halogens is 3. The summed E-state index contributed by atoms with van der Waals surface area (Å²) < 4.78 is 25.5. The summed E-state index contributed by atoms with van der Waals surface area (Å²) in [6.45, 7) is 0. The van der Waals surface area contributed by atoms with Crippen LogP contribution in [-0.4, -0.2) is 23.2 Å². The fraction of sp³-hybridized carbons (Fsp3) is 0.111. The third-order valence-electron chi connectivity index (χ3n) is 2.17. The van der Waals surface area contributed by atoms with Crippen LogP contribution in [0.15, 0.2) is 32.3 Å². The highest BCUT2D eigenvalue weighted by molar-refractivity contribution is 9.11. The molecule has 9 heteroatoms. The molecule has 0 spiro atoms. The molecule has 2 aromatic rings. The second-order valence-corrected chi connectivity index (χ2v) is 7.75. The largest absolute Gasteiger partial charge is 0.300 e. The standard InChI is InChI=1S/C9H6Br2ClN3O2S/c1-15-8(13-14-9(15)18(12,16)17)5-2-6(10)4-7(11)3-5/h2-4H,1H3. The van der Waals surface area contributed by atoms with E-state index in [0.29, 0.717) is 5.82 Å². The van der Waals surface area contributed by atoms with Gasteiger partial charge in [0.15, 0.2) is 5.82 Å². The SMILES string of the molecule is Cn1c(-c2cc(Br)cc(Br)c2)nnc1S(=O)(=O)Cl. The van der Waals surface area contributed by atoms with Gasteiger partial charge < -0.3 is 0 Å². The van der Waals surface area contributed by atoms with Crippen LogP contribution in [0.1, 0.15) is 0 Å². The Morgan fingerprint density at radius 3 is 2.17 bits per heavy atom. The normalized spacial score (nSPS) is 11.8. The lowest BCUT2D eigenvalue weighted by Crippen LogP contribution is -2.02. The summed E-state index contributed by atoms with van der Waals surface area (Å²) in [4.78, 5) is 0. The molecule has 2 rings (SSSR count). The molecule has 1 aromatic carbocycles. The van der Waals surface area contributed by atoms with Crippen molar-refractivity contribution < 1.29 is 8.42 Å². The van der Waals surface area contributed by atoms with Crippen LogP contribution < -0.4 is 0 Å². The van der Waals surface area contributed by atoms with E-state index < -0.39 is 9.05 Å². The van der Waals surface area contributed by atoms with Crippen LogP contribution in [0.3, 0.4) is 0 Å². The van der Waals surface area contributed by atoms with E-state index >= 15 is 0 Å². The van der Waals surface area contributed by atoms with Gasteiger partial charge in [-0.3, -0.25) is 4.57 Å². The maximum atomic E-state index is 11.3. The molecule has 0 N–H and O–H groups in total. The predicted molar refractivity (Wildman–Crippen MR) is 74.9 cm³/mol. The molecule has 0 aliphatic carbocycles. The summed E-state index contributed by atoms with van der Waals surface area (Å²) >= 11 is 6.70. The first-order valence-electron chi connectivity index (χ1n) is 4.59. The molecule has 1 aromatic heterocycles. The van der Waals surface area contributed by atoms with Crippen LogP contribution in [0, 0.1) is 0 Å². The minimum atomic E-state index is -3.90. The highest BCUT2D eigenvalue weighted by Gasteiger charge is 2.21. The summed E-state index contributed by atoms with van der Waals surface area (Å²) in [7, 11) is 2.90. The van der Waals surface area contributed by atoms with Gasteiger partial charge in [-0.25, -0.2) is 8.42 Å². The van der Waals surface area contributed by atoms with Gasteiger partial charge in [0.05, 0.1) is 0 Å². The molecule has 1 heterocycles. The maximum Gasteiger partial charge on any atom is 0.296 e. The van der Waals surface area contributed by atoms with Gasteiger partial charge in [0.1, 0.15) is 0 Å². The van der Waals surface area contributed by atoms with Gasteiger partial charge in [0.25, 0.3) is 14.2 Å². The third kappa shape index (κ3) is 2.76. The number of hydrogen-bond donors (Lipinski definition) is 0. The van der Waals surface area contributed by atoms with Crippen LogP contribution in [0.2, 0.25) is 0 Å². The number of rotatable bonds is 2. The van der Waals surface area contributed by atoms with Crippen LogP contribution in [0.4, 0.5) is 0 Å². The summed E-state index contributed by atoms with van der Waals surface area (Å²) in [6.07, 6.45) is 0. The Bertz CT molecular complexity index is 694. The van der Waals surface area contributed by atoms with Gasteiger partial charge in [-0.15, -0.1) is 10.2 Å². The van der Waals surface area contributed by atoms with Crippen molar-refractivity contribution in [3.63, 3.8) is 0 Å². The van der Waals surface area contributed by atoms with Gasteiger partial charge in [-0.05, 0) is 18.2 Å². The Kier molecular flexibility index (Phi) is 3.82. The average Bonchev–Trinajstić information content (AvgIpc) is 2.57. The van der Waals surface area contributed by atoms with Gasteiger partial charge in [-0.2, -0.15) is 0 Å². The van der Waals surface area contributed by atoms with Crippen molar-refractivity contribution in [3.05, 3.63) is 27.1 Å². The van der Waals surface area contributed by atoms with E-state index in [9.17, 15) is 8.42 Å². The highest BCUT2D eigenvalue weighted by Crippen LogP contribution is 2.27. The van der Waals surface area contributed by atoms with Crippen LogP contribution in [-0.2, 0) is 16.1 Å². The zero-order valence-electron chi connectivity index (χ0n) is 8.93. The molecule has 96 valence electrons. The number of aromatic nitrogens is 3. The molecule has 0 fully saturated rings. The maximum absolute atomic E-state index is 11.3. The average molecular weight is 415 g/mol. The Morgan fingerprint density at radius 2 is 1.72 bits per heavy atom. The summed E-state index contributed by atoms with van der Waals surface area (Å²) in [6, 6.07) is 5.47. The van der Waals surface area contributed by atoms with Crippen LogP contribution in [0.5, 0.6) is 0 Å². The van der Waals surface area contributed by atoms with Gasteiger partial charge >= 0.3 is 0 Å². The van der Waals surface area contributed by atoms with Gasteiger partial charge in [0.2, 0.25) is 0 Å². The predicted octanol–water partition coefficient (Wildman–Crippen LogP) is 2.93. The number of nitrogens with zero attached hydrogens (tertiary/aromatic N) is 3. The number of hydrogen-bond acceptors (Lipinski definition) is 4. The first-order valence-corrected chi connectivity index (χ1v) is 8.49. The molecule has 0 unspecified atom stereocenters. The molecule has 0 atom stereocenters. The first-order chi connectivity index (χ1) is 8.29. The van der Waals surface area contributed by atoms with Crippen LogP contribution >= 0.6 is 42.5 Å². The zero-order chi connectivity index (χ0) is 13.5. The zero-order valence-corrected chi connectivity index (χ0v) is 13.7.